The Kier molecular flexibility index (Phi) is 4.67. The minimum atomic E-state index is -0.138. The monoisotopic (exact) mass is 365 g/mol. The van der Waals surface area contributed by atoms with E-state index in [9.17, 15) is 4.79 Å². The van der Waals surface area contributed by atoms with Crippen molar-refractivity contribution in [2.45, 2.75) is 11.2 Å². The van der Waals surface area contributed by atoms with Crippen molar-refractivity contribution >= 4 is 23.4 Å². The fourth-order valence-corrected chi connectivity index (χ4v) is 3.90. The molecule has 26 heavy (non-hydrogen) atoms. The Bertz CT molecular complexity index is 910. The van der Waals surface area contributed by atoms with Gasteiger partial charge in [0.1, 0.15) is 12.4 Å². The number of carbonyl (C=O) groups excluding carboxylic acids is 1. The molecule has 1 aliphatic rings. The van der Waals surface area contributed by atoms with Crippen molar-refractivity contribution in [1.29, 1.82) is 0 Å². The molecule has 5 nitrogen and oxygen atoms in total. The summed E-state index contributed by atoms with van der Waals surface area (Å²) in [7, 11) is 1.93. The Morgan fingerprint density at radius 1 is 1.19 bits per heavy atom. The van der Waals surface area contributed by atoms with Crippen LogP contribution in [0.3, 0.4) is 0 Å². The molecular formula is C20H19N3O2S. The number of hydrogen-bond acceptors (Lipinski definition) is 4. The van der Waals surface area contributed by atoms with Gasteiger partial charge in [-0.3, -0.25) is 9.69 Å². The van der Waals surface area contributed by atoms with Gasteiger partial charge in [0.15, 0.2) is 5.16 Å². The van der Waals surface area contributed by atoms with E-state index in [1.807, 2.05) is 77.3 Å². The molecule has 1 atom stereocenters. The fraction of sp³-hybridized carbons (Fsp3) is 0.200. The largest absolute Gasteiger partial charge is 0.489 e. The van der Waals surface area contributed by atoms with E-state index >= 15 is 0 Å². The van der Waals surface area contributed by atoms with Gasteiger partial charge in [0.2, 0.25) is 5.91 Å². The predicted molar refractivity (Wildman–Crippen MR) is 103 cm³/mol. The van der Waals surface area contributed by atoms with Crippen molar-refractivity contribution in [3.05, 3.63) is 72.6 Å². The van der Waals surface area contributed by atoms with E-state index in [2.05, 4.69) is 4.98 Å². The summed E-state index contributed by atoms with van der Waals surface area (Å²) in [5.41, 5.74) is 1.88. The normalized spacial score (nSPS) is 16.0. The SMILES string of the molecule is Cn1ccnc1SCC(=O)N1c2ccccc2OCC1c1ccccc1. The predicted octanol–water partition coefficient (Wildman–Crippen LogP) is 3.68. The lowest BCUT2D eigenvalue weighted by Gasteiger charge is -2.37. The molecule has 0 spiro atoms. The molecule has 1 unspecified atom stereocenters. The lowest BCUT2D eigenvalue weighted by Crippen LogP contribution is -2.42. The van der Waals surface area contributed by atoms with Gasteiger partial charge in [-0.25, -0.2) is 4.98 Å². The van der Waals surface area contributed by atoms with Crippen molar-refractivity contribution in [2.75, 3.05) is 17.3 Å². The van der Waals surface area contributed by atoms with Gasteiger partial charge in [-0.2, -0.15) is 0 Å². The van der Waals surface area contributed by atoms with Crippen LogP contribution < -0.4 is 9.64 Å². The first-order chi connectivity index (χ1) is 12.7. The second kappa shape index (κ2) is 7.25. The summed E-state index contributed by atoms with van der Waals surface area (Å²) in [6.07, 6.45) is 3.62. The van der Waals surface area contributed by atoms with Gasteiger partial charge < -0.3 is 9.30 Å². The molecule has 6 heteroatoms. The molecule has 1 amide bonds. The van der Waals surface area contributed by atoms with Gasteiger partial charge in [-0.1, -0.05) is 54.2 Å². The lowest BCUT2D eigenvalue weighted by atomic mass is 10.0. The number of thioether (sulfide) groups is 1. The summed E-state index contributed by atoms with van der Waals surface area (Å²) < 4.78 is 7.84. The quantitative estimate of drug-likeness (QED) is 0.662. The zero-order valence-electron chi connectivity index (χ0n) is 14.4. The second-order valence-electron chi connectivity index (χ2n) is 6.08. The third-order valence-electron chi connectivity index (χ3n) is 4.39. The Labute approximate surface area is 156 Å². The zero-order chi connectivity index (χ0) is 17.9. The molecule has 3 aromatic rings. The van der Waals surface area contributed by atoms with E-state index < -0.39 is 0 Å². The fourth-order valence-electron chi connectivity index (χ4n) is 3.10. The first-order valence-electron chi connectivity index (χ1n) is 8.43. The van der Waals surface area contributed by atoms with Gasteiger partial charge in [-0.05, 0) is 17.7 Å². The minimum absolute atomic E-state index is 0.0441. The van der Waals surface area contributed by atoms with E-state index in [1.165, 1.54) is 11.8 Å². The zero-order valence-corrected chi connectivity index (χ0v) is 15.2. The first-order valence-corrected chi connectivity index (χ1v) is 9.41. The van der Waals surface area contributed by atoms with E-state index in [0.29, 0.717) is 12.4 Å². The van der Waals surface area contributed by atoms with E-state index in [-0.39, 0.29) is 11.9 Å². The van der Waals surface area contributed by atoms with Crippen LogP contribution in [0.15, 0.2) is 72.1 Å². The summed E-state index contributed by atoms with van der Waals surface area (Å²) in [5, 5.41) is 0.830. The summed E-state index contributed by atoms with van der Waals surface area (Å²) in [6.45, 7) is 0.444. The van der Waals surface area contributed by atoms with Crippen LogP contribution in [0.25, 0.3) is 0 Å². The highest BCUT2D eigenvalue weighted by molar-refractivity contribution is 7.99. The number of aromatic nitrogens is 2. The van der Waals surface area contributed by atoms with Crippen LogP contribution in [-0.4, -0.2) is 27.8 Å². The van der Waals surface area contributed by atoms with Crippen LogP contribution in [0.5, 0.6) is 5.75 Å². The van der Waals surface area contributed by atoms with Crippen molar-refractivity contribution in [3.8, 4) is 5.75 Å². The van der Waals surface area contributed by atoms with Crippen LogP contribution in [0, 0.1) is 0 Å². The third kappa shape index (κ3) is 3.20. The molecular weight excluding hydrogens is 346 g/mol. The molecule has 1 aliphatic heterocycles. The number of hydrogen-bond donors (Lipinski definition) is 0. The Balaban J connectivity index is 1.64. The van der Waals surface area contributed by atoms with Gasteiger partial charge >= 0.3 is 0 Å². The number of anilines is 1. The van der Waals surface area contributed by atoms with Crippen LogP contribution >= 0.6 is 11.8 Å². The maximum absolute atomic E-state index is 13.2. The number of nitrogens with zero attached hydrogens (tertiary/aromatic N) is 3. The van der Waals surface area contributed by atoms with Crippen molar-refractivity contribution in [3.63, 3.8) is 0 Å². The highest BCUT2D eigenvalue weighted by atomic mass is 32.2. The number of ether oxygens (including phenoxy) is 1. The van der Waals surface area contributed by atoms with E-state index in [0.717, 1.165) is 22.2 Å². The summed E-state index contributed by atoms with van der Waals surface area (Å²) >= 11 is 1.45. The highest BCUT2D eigenvalue weighted by Gasteiger charge is 2.33. The Hall–Kier alpha value is -2.73. The van der Waals surface area contributed by atoms with E-state index in [4.69, 9.17) is 4.74 Å². The maximum Gasteiger partial charge on any atom is 0.238 e. The molecule has 132 valence electrons. The number of fused-ring (bicyclic) bond motifs is 1. The number of para-hydroxylation sites is 2. The average molecular weight is 365 g/mol. The summed E-state index contributed by atoms with van der Waals surface area (Å²) in [4.78, 5) is 19.3. The van der Waals surface area contributed by atoms with Crippen LogP contribution in [0.1, 0.15) is 11.6 Å². The molecule has 0 radical (unpaired) electrons. The first kappa shape index (κ1) is 16.7. The van der Waals surface area contributed by atoms with Crippen molar-refractivity contribution in [1.82, 2.24) is 9.55 Å². The molecule has 1 aromatic heterocycles. The van der Waals surface area contributed by atoms with Crippen molar-refractivity contribution < 1.29 is 9.53 Å². The standard InChI is InChI=1S/C20H19N3O2S/c1-22-12-11-21-20(22)26-14-19(24)23-16-9-5-6-10-18(16)25-13-17(23)15-7-3-2-4-8-15/h2-12,17H,13-14H2,1H3. The molecule has 0 N–H and O–H groups in total. The smallest absolute Gasteiger partial charge is 0.238 e. The maximum atomic E-state index is 13.2. The van der Waals surface area contributed by atoms with Gasteiger partial charge in [0.05, 0.1) is 17.5 Å². The number of aryl methyl sites for hydroxylation is 1. The topological polar surface area (TPSA) is 47.4 Å². The number of benzene rings is 2. The van der Waals surface area contributed by atoms with Crippen LogP contribution in [-0.2, 0) is 11.8 Å². The van der Waals surface area contributed by atoms with Crippen LogP contribution in [0.2, 0.25) is 0 Å². The van der Waals surface area contributed by atoms with E-state index in [1.54, 1.807) is 6.20 Å². The molecule has 2 heterocycles. The van der Waals surface area contributed by atoms with Gasteiger partial charge in [0, 0.05) is 19.4 Å². The molecule has 0 saturated heterocycles. The lowest BCUT2D eigenvalue weighted by molar-refractivity contribution is -0.117. The van der Waals surface area contributed by atoms with Gasteiger partial charge in [0.25, 0.3) is 0 Å². The number of amides is 1. The number of rotatable bonds is 4. The molecule has 0 aliphatic carbocycles. The molecule has 0 bridgehead atoms. The summed E-state index contributed by atoms with van der Waals surface area (Å²) in [5.74, 6) is 1.11. The average Bonchev–Trinajstić information content (AvgIpc) is 3.10. The third-order valence-corrected chi connectivity index (χ3v) is 5.43. The Morgan fingerprint density at radius 3 is 2.73 bits per heavy atom. The number of imidazole rings is 1. The van der Waals surface area contributed by atoms with Crippen molar-refractivity contribution in [2.24, 2.45) is 7.05 Å². The van der Waals surface area contributed by atoms with Crippen LogP contribution in [0.4, 0.5) is 5.69 Å². The molecule has 4 rings (SSSR count). The van der Waals surface area contributed by atoms with Gasteiger partial charge in [-0.15, -0.1) is 0 Å². The molecule has 0 fully saturated rings. The number of carbonyl (C=O) groups is 1. The highest BCUT2D eigenvalue weighted by Crippen LogP contribution is 2.39. The minimum Gasteiger partial charge on any atom is -0.489 e. The molecule has 0 saturated carbocycles. The second-order valence-corrected chi connectivity index (χ2v) is 7.02. The summed E-state index contributed by atoms with van der Waals surface area (Å²) in [6, 6.07) is 17.6. The molecule has 2 aromatic carbocycles. The Morgan fingerprint density at radius 2 is 1.96 bits per heavy atom.